The number of hydrogen-bond acceptors (Lipinski definition) is 3. The third-order valence-electron chi connectivity index (χ3n) is 2.39. The lowest BCUT2D eigenvalue weighted by Gasteiger charge is -2.29. The average molecular weight is 182 g/mol. The summed E-state index contributed by atoms with van der Waals surface area (Å²) >= 11 is 0. The van der Waals surface area contributed by atoms with E-state index in [1.165, 1.54) is 0 Å². The van der Waals surface area contributed by atoms with E-state index in [-0.39, 0.29) is 5.92 Å². The number of nitriles is 1. The number of carboxylic acid groups (broad SMARTS) is 1. The summed E-state index contributed by atoms with van der Waals surface area (Å²) in [5, 5.41) is 17.2. The molecule has 0 aliphatic carbocycles. The Hall–Kier alpha value is -1.08. The van der Waals surface area contributed by atoms with Crippen molar-refractivity contribution in [2.24, 2.45) is 5.92 Å². The van der Waals surface area contributed by atoms with Gasteiger partial charge in [-0.15, -0.1) is 0 Å². The van der Waals surface area contributed by atoms with Crippen molar-refractivity contribution in [1.82, 2.24) is 4.90 Å². The molecule has 1 aliphatic heterocycles. The van der Waals surface area contributed by atoms with E-state index in [0.29, 0.717) is 19.5 Å². The van der Waals surface area contributed by atoms with Crippen LogP contribution >= 0.6 is 0 Å². The molecule has 0 bridgehead atoms. The second kappa shape index (κ2) is 4.83. The van der Waals surface area contributed by atoms with Crippen LogP contribution < -0.4 is 0 Å². The Morgan fingerprint density at radius 1 is 1.69 bits per heavy atom. The van der Waals surface area contributed by atoms with E-state index >= 15 is 0 Å². The minimum absolute atomic E-state index is 0.229. The zero-order chi connectivity index (χ0) is 9.68. The first kappa shape index (κ1) is 10.0. The molecule has 0 unspecified atom stereocenters. The number of carbonyl (C=O) groups is 1. The number of likely N-dealkylation sites (tertiary alicyclic amines) is 1. The van der Waals surface area contributed by atoms with E-state index in [2.05, 4.69) is 11.0 Å². The molecule has 0 aromatic carbocycles. The molecule has 13 heavy (non-hydrogen) atoms. The van der Waals surface area contributed by atoms with Crippen LogP contribution in [-0.2, 0) is 4.79 Å². The van der Waals surface area contributed by atoms with Crippen molar-refractivity contribution in [3.05, 3.63) is 0 Å². The van der Waals surface area contributed by atoms with Crippen LogP contribution in [0.3, 0.4) is 0 Å². The van der Waals surface area contributed by atoms with Crippen LogP contribution in [0.4, 0.5) is 0 Å². The number of aliphatic carboxylic acids is 1. The molecule has 1 aliphatic rings. The van der Waals surface area contributed by atoms with Gasteiger partial charge >= 0.3 is 5.97 Å². The Morgan fingerprint density at radius 3 is 3.08 bits per heavy atom. The highest BCUT2D eigenvalue weighted by Gasteiger charge is 2.24. The summed E-state index contributed by atoms with van der Waals surface area (Å²) in [6.07, 6.45) is 2.20. The van der Waals surface area contributed by atoms with Gasteiger partial charge in [-0.2, -0.15) is 5.26 Å². The van der Waals surface area contributed by atoms with Crippen LogP contribution in [0.5, 0.6) is 0 Å². The van der Waals surface area contributed by atoms with E-state index in [4.69, 9.17) is 10.4 Å². The van der Waals surface area contributed by atoms with Crippen LogP contribution in [-0.4, -0.2) is 35.6 Å². The van der Waals surface area contributed by atoms with Crippen LogP contribution in [0.25, 0.3) is 0 Å². The summed E-state index contributed by atoms with van der Waals surface area (Å²) in [5.41, 5.74) is 0. The van der Waals surface area contributed by atoms with Crippen LogP contribution in [0.15, 0.2) is 0 Å². The standard InChI is InChI=1S/C9H14N2O2/c10-4-2-6-11-5-1-3-8(7-11)9(12)13/h8H,1-3,5-7H2,(H,12,13)/t8-/m0/s1. The van der Waals surface area contributed by atoms with Gasteiger partial charge in [0, 0.05) is 19.5 Å². The van der Waals surface area contributed by atoms with Gasteiger partial charge in [-0.05, 0) is 19.4 Å². The summed E-state index contributed by atoms with van der Waals surface area (Å²) in [7, 11) is 0. The highest BCUT2D eigenvalue weighted by molar-refractivity contribution is 5.70. The second-order valence-electron chi connectivity index (χ2n) is 3.39. The third-order valence-corrected chi connectivity index (χ3v) is 2.39. The predicted octanol–water partition coefficient (Wildman–Crippen LogP) is 0.697. The fraction of sp³-hybridized carbons (Fsp3) is 0.778. The molecule has 1 saturated heterocycles. The zero-order valence-electron chi connectivity index (χ0n) is 7.57. The lowest BCUT2D eigenvalue weighted by atomic mass is 9.98. The summed E-state index contributed by atoms with van der Waals surface area (Å²) in [6.45, 7) is 2.25. The first-order valence-corrected chi connectivity index (χ1v) is 4.56. The Labute approximate surface area is 77.8 Å². The molecule has 0 saturated carbocycles. The van der Waals surface area contributed by atoms with Crippen molar-refractivity contribution < 1.29 is 9.90 Å². The van der Waals surface area contributed by atoms with Crippen LogP contribution in [0.2, 0.25) is 0 Å². The highest BCUT2D eigenvalue weighted by Crippen LogP contribution is 2.16. The maximum Gasteiger partial charge on any atom is 0.307 e. The quantitative estimate of drug-likeness (QED) is 0.697. The molecular weight excluding hydrogens is 168 g/mol. The van der Waals surface area contributed by atoms with Gasteiger partial charge in [0.1, 0.15) is 0 Å². The summed E-state index contributed by atoms with van der Waals surface area (Å²) in [6, 6.07) is 2.07. The molecule has 0 spiro atoms. The minimum Gasteiger partial charge on any atom is -0.481 e. The largest absolute Gasteiger partial charge is 0.481 e. The minimum atomic E-state index is -0.707. The molecule has 1 N–H and O–H groups in total. The number of nitrogens with zero attached hydrogens (tertiary/aromatic N) is 2. The number of hydrogen-bond donors (Lipinski definition) is 1. The van der Waals surface area contributed by atoms with Crippen molar-refractivity contribution in [3.8, 4) is 6.07 Å². The lowest BCUT2D eigenvalue weighted by molar-refractivity contribution is -0.143. The summed E-state index contributed by atoms with van der Waals surface area (Å²) in [5.74, 6) is -0.936. The van der Waals surface area contributed by atoms with E-state index in [1.807, 2.05) is 0 Å². The van der Waals surface area contributed by atoms with E-state index in [0.717, 1.165) is 19.4 Å². The van der Waals surface area contributed by atoms with Gasteiger partial charge in [-0.1, -0.05) is 0 Å². The molecule has 0 radical (unpaired) electrons. The Morgan fingerprint density at radius 2 is 2.46 bits per heavy atom. The zero-order valence-corrected chi connectivity index (χ0v) is 7.57. The van der Waals surface area contributed by atoms with Gasteiger partial charge in [0.2, 0.25) is 0 Å². The van der Waals surface area contributed by atoms with Crippen molar-refractivity contribution in [2.75, 3.05) is 19.6 Å². The molecule has 1 fully saturated rings. The first-order valence-electron chi connectivity index (χ1n) is 4.56. The Bertz CT molecular complexity index is 222. The molecule has 1 atom stereocenters. The van der Waals surface area contributed by atoms with Crippen LogP contribution in [0, 0.1) is 17.2 Å². The molecule has 1 rings (SSSR count). The van der Waals surface area contributed by atoms with Crippen LogP contribution in [0.1, 0.15) is 19.3 Å². The van der Waals surface area contributed by atoms with E-state index < -0.39 is 5.97 Å². The smallest absolute Gasteiger partial charge is 0.307 e. The SMILES string of the molecule is N#CCCN1CCC[C@H](C(=O)O)C1. The van der Waals surface area contributed by atoms with E-state index in [1.54, 1.807) is 0 Å². The maximum atomic E-state index is 10.7. The molecular formula is C9H14N2O2. The molecule has 72 valence electrons. The molecule has 0 aromatic rings. The van der Waals surface area contributed by atoms with Gasteiger partial charge in [0.25, 0.3) is 0 Å². The number of piperidine rings is 1. The van der Waals surface area contributed by atoms with Crippen molar-refractivity contribution in [2.45, 2.75) is 19.3 Å². The number of carboxylic acids is 1. The second-order valence-corrected chi connectivity index (χ2v) is 3.39. The highest BCUT2D eigenvalue weighted by atomic mass is 16.4. The van der Waals surface area contributed by atoms with Gasteiger partial charge in [-0.25, -0.2) is 0 Å². The third kappa shape index (κ3) is 3.03. The van der Waals surface area contributed by atoms with Gasteiger partial charge in [0.15, 0.2) is 0 Å². The predicted molar refractivity (Wildman–Crippen MR) is 47.0 cm³/mol. The van der Waals surface area contributed by atoms with Gasteiger partial charge in [-0.3, -0.25) is 4.79 Å². The van der Waals surface area contributed by atoms with Gasteiger partial charge in [0.05, 0.1) is 12.0 Å². The first-order chi connectivity index (χ1) is 6.24. The monoisotopic (exact) mass is 182 g/mol. The maximum absolute atomic E-state index is 10.7. The molecule has 0 aromatic heterocycles. The normalized spacial score (nSPS) is 23.8. The fourth-order valence-electron chi connectivity index (χ4n) is 1.67. The average Bonchev–Trinajstić information content (AvgIpc) is 2.15. The van der Waals surface area contributed by atoms with Crippen molar-refractivity contribution in [1.29, 1.82) is 5.26 Å². The Balaban J connectivity index is 2.34. The molecule has 1 heterocycles. The molecule has 0 amide bonds. The topological polar surface area (TPSA) is 64.3 Å². The van der Waals surface area contributed by atoms with Gasteiger partial charge < -0.3 is 10.0 Å². The van der Waals surface area contributed by atoms with E-state index in [9.17, 15) is 4.79 Å². The molecule has 4 heteroatoms. The lowest BCUT2D eigenvalue weighted by Crippen LogP contribution is -2.39. The van der Waals surface area contributed by atoms with Crippen molar-refractivity contribution >= 4 is 5.97 Å². The fourth-order valence-corrected chi connectivity index (χ4v) is 1.67. The number of rotatable bonds is 3. The molecule has 4 nitrogen and oxygen atoms in total. The Kier molecular flexibility index (Phi) is 3.71. The summed E-state index contributed by atoms with van der Waals surface area (Å²) in [4.78, 5) is 12.7. The van der Waals surface area contributed by atoms with Crippen molar-refractivity contribution in [3.63, 3.8) is 0 Å². The summed E-state index contributed by atoms with van der Waals surface area (Å²) < 4.78 is 0.